The van der Waals surface area contributed by atoms with Gasteiger partial charge >= 0.3 is 0 Å². The van der Waals surface area contributed by atoms with Gasteiger partial charge < -0.3 is 16.0 Å². The fraction of sp³-hybridized carbons (Fsp3) is 0.750. The normalized spacial score (nSPS) is 14.2. The van der Waals surface area contributed by atoms with Gasteiger partial charge in [0.15, 0.2) is 0 Å². The van der Waals surface area contributed by atoms with Crippen LogP contribution in [0.1, 0.15) is 19.8 Å². The lowest BCUT2D eigenvalue weighted by molar-refractivity contribution is 0.293. The lowest BCUT2D eigenvalue weighted by atomic mass is 10.3. The first kappa shape index (κ1) is 14.3. The van der Waals surface area contributed by atoms with Crippen molar-refractivity contribution in [1.82, 2.24) is 16.0 Å². The maximum Gasteiger partial charge on any atom is 0.0890 e. The van der Waals surface area contributed by atoms with Gasteiger partial charge in [-0.15, -0.1) is 17.0 Å². The van der Waals surface area contributed by atoms with Crippen LogP contribution in [-0.4, -0.2) is 30.1 Å². The number of hydrogen-bond donors (Lipinski definition) is 1. The molecule has 0 aliphatic carbocycles. The Morgan fingerprint density at radius 1 is 1.33 bits per heavy atom. The van der Waals surface area contributed by atoms with E-state index in [9.17, 15) is 0 Å². The summed E-state index contributed by atoms with van der Waals surface area (Å²) in [4.78, 5) is 4.53. The Morgan fingerprint density at radius 3 is 2.42 bits per heavy atom. The number of halogens is 1. The molecule has 0 aromatic carbocycles. The molecule has 1 aliphatic heterocycles. The van der Waals surface area contributed by atoms with E-state index in [-0.39, 0.29) is 23.1 Å². The van der Waals surface area contributed by atoms with Gasteiger partial charge in [-0.2, -0.15) is 0 Å². The molecule has 0 amide bonds. The van der Waals surface area contributed by atoms with Crippen molar-refractivity contribution in [3.8, 4) is 0 Å². The van der Waals surface area contributed by atoms with Gasteiger partial charge in [0.2, 0.25) is 0 Å². The zero-order valence-corrected chi connectivity index (χ0v) is 9.71. The Morgan fingerprint density at radius 2 is 2.00 bits per heavy atom. The third kappa shape index (κ3) is 4.62. The van der Waals surface area contributed by atoms with Crippen molar-refractivity contribution in [2.45, 2.75) is 19.8 Å². The van der Waals surface area contributed by atoms with E-state index in [1.54, 1.807) is 0 Å². The number of hydrogen-bond acceptors (Lipinski definition) is 3. The standard InChI is InChI=1S/C8H16N2.BrH.H3N/c1-3-4-5-10-7-6-9(2)8-10;;/h6-7H,3-5,8H2,1-2H3;1H;1H3. The molecule has 0 fully saturated rings. The van der Waals surface area contributed by atoms with Gasteiger partial charge in [-0.05, 0) is 6.42 Å². The Labute approximate surface area is 85.8 Å². The minimum absolute atomic E-state index is 0. The van der Waals surface area contributed by atoms with Crippen molar-refractivity contribution >= 4 is 17.0 Å². The first-order valence-corrected chi connectivity index (χ1v) is 3.95. The van der Waals surface area contributed by atoms with Crippen molar-refractivity contribution in [2.24, 2.45) is 0 Å². The summed E-state index contributed by atoms with van der Waals surface area (Å²) in [5, 5.41) is 0. The van der Waals surface area contributed by atoms with Crippen LogP contribution in [-0.2, 0) is 0 Å². The first-order chi connectivity index (χ1) is 4.83. The Kier molecular flexibility index (Phi) is 8.86. The molecular formula is C8H20BrN3. The second-order valence-electron chi connectivity index (χ2n) is 2.86. The summed E-state index contributed by atoms with van der Waals surface area (Å²) in [7, 11) is 2.10. The highest BCUT2D eigenvalue weighted by atomic mass is 79.9. The zero-order chi connectivity index (χ0) is 7.40. The zero-order valence-electron chi connectivity index (χ0n) is 7.99. The molecular weight excluding hydrogens is 218 g/mol. The maximum absolute atomic E-state index is 2.34. The third-order valence-electron chi connectivity index (χ3n) is 1.74. The van der Waals surface area contributed by atoms with E-state index in [0.717, 1.165) is 6.67 Å². The van der Waals surface area contributed by atoms with E-state index < -0.39 is 0 Å². The molecule has 3 N–H and O–H groups in total. The van der Waals surface area contributed by atoms with Gasteiger partial charge in [0, 0.05) is 26.0 Å². The van der Waals surface area contributed by atoms with Crippen LogP contribution in [0.15, 0.2) is 12.4 Å². The third-order valence-corrected chi connectivity index (χ3v) is 1.74. The summed E-state index contributed by atoms with van der Waals surface area (Å²) in [6.07, 6.45) is 6.87. The summed E-state index contributed by atoms with van der Waals surface area (Å²) >= 11 is 0. The number of nitrogens with zero attached hydrogens (tertiary/aromatic N) is 2. The van der Waals surface area contributed by atoms with Crippen LogP contribution in [0.5, 0.6) is 0 Å². The summed E-state index contributed by atoms with van der Waals surface area (Å²) in [6.45, 7) is 4.50. The molecule has 1 aliphatic rings. The van der Waals surface area contributed by atoms with Crippen molar-refractivity contribution in [3.63, 3.8) is 0 Å². The Balaban J connectivity index is 0. The summed E-state index contributed by atoms with van der Waals surface area (Å²) < 4.78 is 0. The molecule has 1 rings (SSSR count). The van der Waals surface area contributed by atoms with Gasteiger partial charge in [-0.25, -0.2) is 0 Å². The highest BCUT2D eigenvalue weighted by molar-refractivity contribution is 8.93. The predicted molar refractivity (Wildman–Crippen MR) is 58.7 cm³/mol. The fourth-order valence-electron chi connectivity index (χ4n) is 1.10. The monoisotopic (exact) mass is 237 g/mol. The minimum Gasteiger partial charge on any atom is -0.362 e. The minimum atomic E-state index is 0. The lowest BCUT2D eigenvalue weighted by Gasteiger charge is -2.17. The van der Waals surface area contributed by atoms with Gasteiger partial charge in [0.05, 0.1) is 6.67 Å². The molecule has 0 aromatic rings. The second kappa shape index (κ2) is 7.43. The van der Waals surface area contributed by atoms with Crippen molar-refractivity contribution in [1.29, 1.82) is 0 Å². The van der Waals surface area contributed by atoms with Crippen LogP contribution in [0.3, 0.4) is 0 Å². The molecule has 12 heavy (non-hydrogen) atoms. The van der Waals surface area contributed by atoms with E-state index in [4.69, 9.17) is 0 Å². The van der Waals surface area contributed by atoms with E-state index in [1.165, 1.54) is 19.4 Å². The molecule has 74 valence electrons. The van der Waals surface area contributed by atoms with E-state index in [0.29, 0.717) is 0 Å². The molecule has 0 aromatic heterocycles. The summed E-state index contributed by atoms with van der Waals surface area (Å²) in [5.74, 6) is 0. The van der Waals surface area contributed by atoms with Crippen LogP contribution < -0.4 is 6.15 Å². The molecule has 0 saturated heterocycles. The largest absolute Gasteiger partial charge is 0.362 e. The molecule has 1 heterocycles. The van der Waals surface area contributed by atoms with Crippen LogP contribution in [0, 0.1) is 0 Å². The average Bonchev–Trinajstić information content (AvgIpc) is 2.31. The second-order valence-corrected chi connectivity index (χ2v) is 2.86. The molecule has 0 saturated carbocycles. The quantitative estimate of drug-likeness (QED) is 0.819. The Bertz CT molecular complexity index is 127. The number of unbranched alkanes of at least 4 members (excludes halogenated alkanes) is 1. The van der Waals surface area contributed by atoms with Crippen molar-refractivity contribution in [2.75, 3.05) is 20.3 Å². The maximum atomic E-state index is 2.34. The van der Waals surface area contributed by atoms with Crippen LogP contribution >= 0.6 is 17.0 Å². The molecule has 3 nitrogen and oxygen atoms in total. The predicted octanol–water partition coefficient (Wildman–Crippen LogP) is 2.20. The van der Waals surface area contributed by atoms with Crippen molar-refractivity contribution in [3.05, 3.63) is 12.4 Å². The van der Waals surface area contributed by atoms with Crippen molar-refractivity contribution < 1.29 is 0 Å². The highest BCUT2D eigenvalue weighted by Crippen LogP contribution is 2.04. The SMILES string of the molecule is Br.CCCCN1C=CN(C)C1.N. The van der Waals surface area contributed by atoms with Gasteiger partial charge in [0.25, 0.3) is 0 Å². The molecule has 0 atom stereocenters. The summed E-state index contributed by atoms with van der Waals surface area (Å²) in [5.41, 5.74) is 0. The van der Waals surface area contributed by atoms with Gasteiger partial charge in [-0.3, -0.25) is 0 Å². The van der Waals surface area contributed by atoms with Crippen LogP contribution in [0.25, 0.3) is 0 Å². The fourth-order valence-corrected chi connectivity index (χ4v) is 1.10. The van der Waals surface area contributed by atoms with E-state index in [2.05, 4.69) is 36.2 Å². The first-order valence-electron chi connectivity index (χ1n) is 3.95. The molecule has 4 heteroatoms. The molecule has 0 spiro atoms. The molecule has 0 bridgehead atoms. The van der Waals surface area contributed by atoms with E-state index in [1.807, 2.05) is 0 Å². The summed E-state index contributed by atoms with van der Waals surface area (Å²) in [6, 6.07) is 0. The van der Waals surface area contributed by atoms with Gasteiger partial charge in [-0.1, -0.05) is 13.3 Å². The topological polar surface area (TPSA) is 41.5 Å². The lowest BCUT2D eigenvalue weighted by Crippen LogP contribution is -2.23. The molecule has 0 radical (unpaired) electrons. The average molecular weight is 238 g/mol. The van der Waals surface area contributed by atoms with Gasteiger partial charge in [0.1, 0.15) is 0 Å². The molecule has 0 unspecified atom stereocenters. The number of rotatable bonds is 3. The Hall–Kier alpha value is -0.220. The highest BCUT2D eigenvalue weighted by Gasteiger charge is 2.05. The van der Waals surface area contributed by atoms with E-state index >= 15 is 0 Å². The van der Waals surface area contributed by atoms with Crippen LogP contribution in [0.4, 0.5) is 0 Å². The smallest absolute Gasteiger partial charge is 0.0890 e. The van der Waals surface area contributed by atoms with Crippen LogP contribution in [0.2, 0.25) is 0 Å².